The van der Waals surface area contributed by atoms with Gasteiger partial charge in [-0.2, -0.15) is 0 Å². The minimum atomic E-state index is 0.667. The van der Waals surface area contributed by atoms with E-state index in [2.05, 4.69) is 59.5 Å². The second-order valence-corrected chi connectivity index (χ2v) is 5.88. The Bertz CT molecular complexity index is 576. The molecule has 1 fully saturated rings. The van der Waals surface area contributed by atoms with Crippen LogP contribution in [0.5, 0.6) is 0 Å². The zero-order valence-electron chi connectivity index (χ0n) is 12.3. The minimum Gasteiger partial charge on any atom is -0.317 e. The van der Waals surface area contributed by atoms with Crippen LogP contribution in [0.1, 0.15) is 18.9 Å². The summed E-state index contributed by atoms with van der Waals surface area (Å²) >= 11 is 0. The third-order valence-electron chi connectivity index (χ3n) is 4.49. The molecule has 3 rings (SSSR count). The van der Waals surface area contributed by atoms with E-state index in [1.807, 2.05) is 6.20 Å². The first-order valence-electron chi connectivity index (χ1n) is 7.50. The van der Waals surface area contributed by atoms with E-state index in [-0.39, 0.29) is 0 Å². The molecule has 1 aliphatic heterocycles. The van der Waals surface area contributed by atoms with Crippen molar-refractivity contribution in [3.8, 4) is 0 Å². The van der Waals surface area contributed by atoms with Gasteiger partial charge in [0.2, 0.25) is 0 Å². The minimum absolute atomic E-state index is 0.667. The predicted molar refractivity (Wildman–Crippen MR) is 83.6 cm³/mol. The summed E-state index contributed by atoms with van der Waals surface area (Å²) in [6, 6.07) is 11.3. The molecule has 20 heavy (non-hydrogen) atoms. The normalized spacial score (nSPS) is 24.1. The molecule has 106 valence electrons. The molecule has 2 atom stereocenters. The molecule has 2 unspecified atom stereocenters. The number of piperidine rings is 1. The van der Waals surface area contributed by atoms with Crippen LogP contribution in [-0.2, 0) is 6.54 Å². The van der Waals surface area contributed by atoms with Gasteiger partial charge in [0.15, 0.2) is 0 Å². The Morgan fingerprint density at radius 1 is 1.30 bits per heavy atom. The van der Waals surface area contributed by atoms with Crippen molar-refractivity contribution in [2.75, 3.05) is 20.1 Å². The Hall–Kier alpha value is -1.45. The van der Waals surface area contributed by atoms with Gasteiger partial charge in [-0.15, -0.1) is 0 Å². The van der Waals surface area contributed by atoms with Crippen molar-refractivity contribution in [2.24, 2.45) is 5.92 Å². The van der Waals surface area contributed by atoms with Crippen molar-refractivity contribution in [3.63, 3.8) is 0 Å². The van der Waals surface area contributed by atoms with Gasteiger partial charge in [0.1, 0.15) is 0 Å². The van der Waals surface area contributed by atoms with Gasteiger partial charge in [0, 0.05) is 30.7 Å². The number of pyridine rings is 1. The summed E-state index contributed by atoms with van der Waals surface area (Å²) in [4.78, 5) is 7.02. The lowest BCUT2D eigenvalue weighted by Gasteiger charge is -2.37. The number of likely N-dealkylation sites (tertiary alicyclic amines) is 1. The van der Waals surface area contributed by atoms with Crippen LogP contribution in [0.15, 0.2) is 36.5 Å². The largest absolute Gasteiger partial charge is 0.317 e. The van der Waals surface area contributed by atoms with Crippen LogP contribution in [0.3, 0.4) is 0 Å². The Labute approximate surface area is 121 Å². The SMILES string of the molecule is CNC1CCN(Cc2ccnc3ccccc23)CC1C. The maximum absolute atomic E-state index is 4.45. The zero-order chi connectivity index (χ0) is 13.9. The van der Waals surface area contributed by atoms with Gasteiger partial charge < -0.3 is 5.32 Å². The van der Waals surface area contributed by atoms with E-state index in [1.54, 1.807) is 0 Å². The molecule has 0 saturated carbocycles. The van der Waals surface area contributed by atoms with Crippen LogP contribution in [0, 0.1) is 5.92 Å². The number of fused-ring (bicyclic) bond motifs is 1. The predicted octanol–water partition coefficient (Wildman–Crippen LogP) is 2.66. The lowest BCUT2D eigenvalue weighted by atomic mass is 9.93. The van der Waals surface area contributed by atoms with Crippen LogP contribution in [0.2, 0.25) is 0 Å². The Morgan fingerprint density at radius 2 is 2.15 bits per heavy atom. The number of benzene rings is 1. The monoisotopic (exact) mass is 269 g/mol. The fourth-order valence-corrected chi connectivity index (χ4v) is 3.34. The number of nitrogens with zero attached hydrogens (tertiary/aromatic N) is 2. The zero-order valence-corrected chi connectivity index (χ0v) is 12.3. The lowest BCUT2D eigenvalue weighted by Crippen LogP contribution is -2.46. The van der Waals surface area contributed by atoms with Crippen molar-refractivity contribution >= 4 is 10.9 Å². The summed E-state index contributed by atoms with van der Waals surface area (Å²) in [6.07, 6.45) is 3.17. The van der Waals surface area contributed by atoms with Gasteiger partial charge in [0.05, 0.1) is 5.52 Å². The maximum Gasteiger partial charge on any atom is 0.0705 e. The first-order chi connectivity index (χ1) is 9.78. The molecule has 1 aromatic carbocycles. The Balaban J connectivity index is 1.77. The molecule has 3 nitrogen and oxygen atoms in total. The highest BCUT2D eigenvalue weighted by Crippen LogP contribution is 2.22. The molecule has 0 spiro atoms. The quantitative estimate of drug-likeness (QED) is 0.928. The van der Waals surface area contributed by atoms with Crippen molar-refractivity contribution in [2.45, 2.75) is 25.9 Å². The van der Waals surface area contributed by atoms with Gasteiger partial charge in [-0.1, -0.05) is 25.1 Å². The second-order valence-electron chi connectivity index (χ2n) is 5.88. The first-order valence-corrected chi connectivity index (χ1v) is 7.50. The number of para-hydroxylation sites is 1. The molecule has 1 N–H and O–H groups in total. The number of hydrogen-bond acceptors (Lipinski definition) is 3. The molecule has 1 aromatic heterocycles. The molecule has 3 heteroatoms. The molecule has 2 heterocycles. The lowest BCUT2D eigenvalue weighted by molar-refractivity contribution is 0.145. The maximum atomic E-state index is 4.45. The second kappa shape index (κ2) is 5.90. The summed E-state index contributed by atoms with van der Waals surface area (Å²) in [7, 11) is 2.08. The van der Waals surface area contributed by atoms with Crippen LogP contribution in [-0.4, -0.2) is 36.1 Å². The third kappa shape index (κ3) is 2.69. The summed E-state index contributed by atoms with van der Waals surface area (Å²) in [5.41, 5.74) is 2.49. The molecular weight excluding hydrogens is 246 g/mol. The highest BCUT2D eigenvalue weighted by molar-refractivity contribution is 5.81. The molecule has 0 bridgehead atoms. The topological polar surface area (TPSA) is 28.2 Å². The molecule has 0 radical (unpaired) electrons. The van der Waals surface area contributed by atoms with Crippen molar-refractivity contribution in [1.82, 2.24) is 15.2 Å². The van der Waals surface area contributed by atoms with Crippen molar-refractivity contribution < 1.29 is 0 Å². The van der Waals surface area contributed by atoms with Crippen molar-refractivity contribution in [3.05, 3.63) is 42.1 Å². The smallest absolute Gasteiger partial charge is 0.0705 e. The summed E-state index contributed by atoms with van der Waals surface area (Å²) in [5.74, 6) is 0.710. The number of aromatic nitrogens is 1. The van der Waals surface area contributed by atoms with Gasteiger partial charge >= 0.3 is 0 Å². The number of rotatable bonds is 3. The fourth-order valence-electron chi connectivity index (χ4n) is 3.34. The van der Waals surface area contributed by atoms with Crippen LogP contribution < -0.4 is 5.32 Å². The van der Waals surface area contributed by atoms with E-state index in [0.29, 0.717) is 12.0 Å². The van der Waals surface area contributed by atoms with Gasteiger partial charge in [0.25, 0.3) is 0 Å². The van der Waals surface area contributed by atoms with E-state index < -0.39 is 0 Å². The average molecular weight is 269 g/mol. The molecular formula is C17H23N3. The highest BCUT2D eigenvalue weighted by atomic mass is 15.1. The summed E-state index contributed by atoms with van der Waals surface area (Å²) in [5, 5.41) is 4.72. The standard InChI is InChI=1S/C17H23N3/c1-13-11-20(10-8-16(13)18-2)12-14-7-9-19-17-6-4-3-5-15(14)17/h3-7,9,13,16,18H,8,10-12H2,1-2H3. The van der Waals surface area contributed by atoms with E-state index >= 15 is 0 Å². The first kappa shape index (κ1) is 13.5. The van der Waals surface area contributed by atoms with E-state index in [1.165, 1.54) is 30.5 Å². The highest BCUT2D eigenvalue weighted by Gasteiger charge is 2.24. The van der Waals surface area contributed by atoms with Crippen molar-refractivity contribution in [1.29, 1.82) is 0 Å². The number of nitrogens with one attached hydrogen (secondary N) is 1. The molecule has 1 aliphatic rings. The third-order valence-corrected chi connectivity index (χ3v) is 4.49. The average Bonchev–Trinajstić information content (AvgIpc) is 2.48. The summed E-state index contributed by atoms with van der Waals surface area (Å²) < 4.78 is 0. The van der Waals surface area contributed by atoms with Gasteiger partial charge in [-0.05, 0) is 43.6 Å². The molecule has 0 aliphatic carbocycles. The van der Waals surface area contributed by atoms with E-state index in [0.717, 1.165) is 12.1 Å². The van der Waals surface area contributed by atoms with Crippen LogP contribution in [0.25, 0.3) is 10.9 Å². The molecule has 1 saturated heterocycles. The Kier molecular flexibility index (Phi) is 3.99. The van der Waals surface area contributed by atoms with E-state index in [4.69, 9.17) is 0 Å². The fraction of sp³-hybridized carbons (Fsp3) is 0.471. The van der Waals surface area contributed by atoms with Gasteiger partial charge in [-0.3, -0.25) is 9.88 Å². The Morgan fingerprint density at radius 3 is 2.95 bits per heavy atom. The van der Waals surface area contributed by atoms with E-state index in [9.17, 15) is 0 Å². The number of hydrogen-bond donors (Lipinski definition) is 1. The molecule has 2 aromatic rings. The summed E-state index contributed by atoms with van der Waals surface area (Å²) in [6.45, 7) is 5.72. The van der Waals surface area contributed by atoms with Gasteiger partial charge in [-0.25, -0.2) is 0 Å². The van der Waals surface area contributed by atoms with Crippen LogP contribution in [0.4, 0.5) is 0 Å². The molecule has 0 amide bonds. The van der Waals surface area contributed by atoms with Crippen LogP contribution >= 0.6 is 0 Å².